The molecule has 2 aliphatic rings. The van der Waals surface area contributed by atoms with E-state index in [1.807, 2.05) is 34.7 Å². The summed E-state index contributed by atoms with van der Waals surface area (Å²) in [5.41, 5.74) is 4.04. The minimum absolute atomic E-state index is 0.00988. The second-order valence-corrected chi connectivity index (χ2v) is 12.0. The molecule has 4 aromatic rings. The van der Waals surface area contributed by atoms with Crippen molar-refractivity contribution in [3.8, 4) is 10.4 Å². The van der Waals surface area contributed by atoms with Gasteiger partial charge in [0.05, 0.1) is 21.6 Å². The average Bonchev–Trinajstić information content (AvgIpc) is 3.64. The summed E-state index contributed by atoms with van der Waals surface area (Å²) < 4.78 is 1.84. The molecule has 1 aliphatic carbocycles. The lowest BCUT2D eigenvalue weighted by molar-refractivity contribution is 0.0645. The van der Waals surface area contributed by atoms with Gasteiger partial charge in [-0.25, -0.2) is 9.97 Å². The number of hydrogen-bond acceptors (Lipinski definition) is 6. The zero-order chi connectivity index (χ0) is 25.0. The van der Waals surface area contributed by atoms with Gasteiger partial charge in [-0.1, -0.05) is 36.2 Å². The van der Waals surface area contributed by atoms with Gasteiger partial charge in [0, 0.05) is 24.2 Å². The topological polar surface area (TPSA) is 79.6 Å². The number of benzene rings is 1. The summed E-state index contributed by atoms with van der Waals surface area (Å²) >= 11 is 3.08. The molecule has 1 aromatic carbocycles. The highest BCUT2D eigenvalue weighted by atomic mass is 32.1. The Morgan fingerprint density at radius 3 is 2.72 bits per heavy atom. The van der Waals surface area contributed by atoms with Gasteiger partial charge in [-0.15, -0.1) is 22.7 Å². The highest BCUT2D eigenvalue weighted by molar-refractivity contribution is 7.15. The monoisotopic (exact) mass is 519 g/mol. The lowest BCUT2D eigenvalue weighted by Gasteiger charge is -2.30. The first-order valence-electron chi connectivity index (χ1n) is 12.5. The molecule has 0 radical (unpaired) electrons. The van der Waals surface area contributed by atoms with E-state index in [1.165, 1.54) is 16.9 Å². The zero-order valence-corrected chi connectivity index (χ0v) is 22.3. The third-order valence-electron chi connectivity index (χ3n) is 7.58. The Kier molecular flexibility index (Phi) is 5.92. The van der Waals surface area contributed by atoms with E-state index in [2.05, 4.69) is 41.5 Å². The molecule has 3 atom stereocenters. The summed E-state index contributed by atoms with van der Waals surface area (Å²) in [7, 11) is 0. The lowest BCUT2D eigenvalue weighted by Crippen LogP contribution is -2.47. The van der Waals surface area contributed by atoms with Crippen LogP contribution in [0.15, 0.2) is 35.8 Å². The molecule has 186 valence electrons. The number of aromatic nitrogens is 3. The second-order valence-electron chi connectivity index (χ2n) is 9.95. The molecule has 0 unspecified atom stereocenters. The summed E-state index contributed by atoms with van der Waals surface area (Å²) in [6, 6.07) is 8.45. The first-order chi connectivity index (χ1) is 17.4. The third-order valence-corrected chi connectivity index (χ3v) is 9.36. The Balaban J connectivity index is 1.27. The largest absolute Gasteiger partial charge is 0.349 e. The third kappa shape index (κ3) is 3.94. The van der Waals surface area contributed by atoms with Crippen LogP contribution in [0.1, 0.15) is 62.9 Å². The zero-order valence-electron chi connectivity index (χ0n) is 20.7. The van der Waals surface area contributed by atoms with Gasteiger partial charge in [-0.05, 0) is 51.5 Å². The number of likely N-dealkylation sites (tertiary alicyclic amines) is 1. The van der Waals surface area contributed by atoms with Gasteiger partial charge in [0.25, 0.3) is 11.8 Å². The van der Waals surface area contributed by atoms with Crippen LogP contribution >= 0.6 is 22.7 Å². The van der Waals surface area contributed by atoms with Gasteiger partial charge < -0.3 is 10.2 Å². The SMILES string of the molecule is Cc1ccc(-c2sc(C)nc2C(=O)N2[C@H](CNC(=O)c3c(C)nc4sccn34)C[C@@H]3CCC[C@@H]32)cc1. The van der Waals surface area contributed by atoms with Crippen molar-refractivity contribution in [1.29, 1.82) is 0 Å². The number of carbonyl (C=O) groups is 2. The van der Waals surface area contributed by atoms with Crippen LogP contribution in [0, 0.1) is 26.7 Å². The average molecular weight is 520 g/mol. The predicted molar refractivity (Wildman–Crippen MR) is 143 cm³/mol. The van der Waals surface area contributed by atoms with E-state index in [1.54, 1.807) is 11.3 Å². The normalized spacial score (nSPS) is 21.3. The number of hydrogen-bond donors (Lipinski definition) is 1. The first-order valence-corrected chi connectivity index (χ1v) is 14.2. The number of fused-ring (bicyclic) bond motifs is 2. The molecular formula is C27H29N5O2S2. The molecule has 36 heavy (non-hydrogen) atoms. The van der Waals surface area contributed by atoms with Crippen molar-refractivity contribution in [2.24, 2.45) is 5.92 Å². The Labute approximate surface area is 218 Å². The quantitative estimate of drug-likeness (QED) is 0.390. The van der Waals surface area contributed by atoms with Crippen LogP contribution in [0.25, 0.3) is 15.4 Å². The van der Waals surface area contributed by atoms with Crippen molar-refractivity contribution in [2.75, 3.05) is 6.54 Å². The number of carbonyl (C=O) groups excluding carboxylic acids is 2. The molecule has 1 N–H and O–H groups in total. The maximum Gasteiger partial charge on any atom is 0.274 e. The van der Waals surface area contributed by atoms with Crippen LogP contribution in [-0.2, 0) is 0 Å². The second kappa shape index (κ2) is 9.12. The minimum Gasteiger partial charge on any atom is -0.349 e. The number of amides is 2. The van der Waals surface area contributed by atoms with Crippen molar-refractivity contribution in [2.45, 2.75) is 58.5 Å². The first kappa shape index (κ1) is 23.4. The minimum atomic E-state index is -0.146. The van der Waals surface area contributed by atoms with E-state index in [-0.39, 0.29) is 23.9 Å². The smallest absolute Gasteiger partial charge is 0.274 e. The van der Waals surface area contributed by atoms with Crippen molar-refractivity contribution in [3.05, 3.63) is 63.5 Å². The van der Waals surface area contributed by atoms with Gasteiger partial charge in [0.15, 0.2) is 4.96 Å². The molecule has 3 aromatic heterocycles. The molecular weight excluding hydrogens is 490 g/mol. The predicted octanol–water partition coefficient (Wildman–Crippen LogP) is 5.26. The molecule has 2 amide bonds. The Morgan fingerprint density at radius 2 is 1.92 bits per heavy atom. The van der Waals surface area contributed by atoms with Crippen LogP contribution in [0.4, 0.5) is 0 Å². The number of rotatable bonds is 5. The summed E-state index contributed by atoms with van der Waals surface area (Å²) in [6.45, 7) is 6.31. The fourth-order valence-corrected chi connectivity index (χ4v) is 7.62. The molecule has 9 heteroatoms. The molecule has 4 heterocycles. The summed E-state index contributed by atoms with van der Waals surface area (Å²) in [5, 5.41) is 5.94. The van der Waals surface area contributed by atoms with Crippen molar-refractivity contribution in [3.63, 3.8) is 0 Å². The van der Waals surface area contributed by atoms with Crippen LogP contribution < -0.4 is 5.32 Å². The van der Waals surface area contributed by atoms with E-state index >= 15 is 0 Å². The lowest BCUT2D eigenvalue weighted by atomic mass is 10.0. The molecule has 1 saturated carbocycles. The van der Waals surface area contributed by atoms with Gasteiger partial charge >= 0.3 is 0 Å². The maximum atomic E-state index is 14.1. The molecule has 2 fully saturated rings. The van der Waals surface area contributed by atoms with E-state index < -0.39 is 0 Å². The van der Waals surface area contributed by atoms with E-state index in [9.17, 15) is 9.59 Å². The van der Waals surface area contributed by atoms with Gasteiger partial charge in [0.2, 0.25) is 0 Å². The van der Waals surface area contributed by atoms with Gasteiger partial charge in [-0.2, -0.15) is 0 Å². The fourth-order valence-electron chi connectivity index (χ4n) is 5.95. The highest BCUT2D eigenvalue weighted by Gasteiger charge is 2.47. The molecule has 1 aliphatic heterocycles. The molecule has 1 saturated heterocycles. The molecule has 6 rings (SSSR count). The van der Waals surface area contributed by atoms with Gasteiger partial charge in [0.1, 0.15) is 11.4 Å². The van der Waals surface area contributed by atoms with Crippen LogP contribution in [0.5, 0.6) is 0 Å². The van der Waals surface area contributed by atoms with Crippen molar-refractivity contribution >= 4 is 39.4 Å². The van der Waals surface area contributed by atoms with Crippen LogP contribution in [-0.4, -0.2) is 49.7 Å². The number of thiazole rings is 2. The Bertz CT molecular complexity index is 1450. The fraction of sp³-hybridized carbons (Fsp3) is 0.407. The number of aryl methyl sites for hydroxylation is 3. The van der Waals surface area contributed by atoms with E-state index in [0.717, 1.165) is 51.8 Å². The van der Waals surface area contributed by atoms with Crippen LogP contribution in [0.3, 0.4) is 0 Å². The molecule has 7 nitrogen and oxygen atoms in total. The molecule has 0 spiro atoms. The van der Waals surface area contributed by atoms with Crippen molar-refractivity contribution in [1.82, 2.24) is 24.6 Å². The Morgan fingerprint density at radius 1 is 1.11 bits per heavy atom. The van der Waals surface area contributed by atoms with Crippen LogP contribution in [0.2, 0.25) is 0 Å². The standard InChI is InChI=1S/C27H29N5O2S2/c1-15-7-9-18(10-8-15)24-22(30-17(3)36-24)26(34)32-20(13-19-5-4-6-21(19)32)14-28-25(33)23-16(2)29-27-31(23)11-12-35-27/h7-12,19-21H,4-6,13-14H2,1-3H3,(H,28,33)/t19-,20-,21-/m0/s1. The summed E-state index contributed by atoms with van der Waals surface area (Å²) in [6.07, 6.45) is 6.09. The summed E-state index contributed by atoms with van der Waals surface area (Å²) in [4.78, 5) is 40.3. The molecule has 0 bridgehead atoms. The summed E-state index contributed by atoms with van der Waals surface area (Å²) in [5.74, 6) is 0.329. The highest BCUT2D eigenvalue weighted by Crippen LogP contribution is 2.43. The number of imidazole rings is 1. The van der Waals surface area contributed by atoms with E-state index in [0.29, 0.717) is 23.9 Å². The number of nitrogens with zero attached hydrogens (tertiary/aromatic N) is 4. The van der Waals surface area contributed by atoms with Crippen molar-refractivity contribution < 1.29 is 9.59 Å². The van der Waals surface area contributed by atoms with E-state index in [4.69, 9.17) is 4.98 Å². The number of nitrogens with one attached hydrogen (secondary N) is 1. The Hall–Kier alpha value is -3.04. The maximum absolute atomic E-state index is 14.1. The van der Waals surface area contributed by atoms with Gasteiger partial charge in [-0.3, -0.25) is 14.0 Å².